The maximum absolute atomic E-state index is 11.9. The first-order valence-electron chi connectivity index (χ1n) is 6.24. The van der Waals surface area contributed by atoms with Crippen molar-refractivity contribution in [1.29, 1.82) is 0 Å². The number of amides is 1. The molecule has 4 heteroatoms. The molecule has 2 heterocycles. The first-order valence-corrected chi connectivity index (χ1v) is 8.10. The summed E-state index contributed by atoms with van der Waals surface area (Å²) < 4.78 is 0. The van der Waals surface area contributed by atoms with E-state index in [1.165, 1.54) is 11.1 Å². The topological polar surface area (TPSA) is 29.1 Å². The third kappa shape index (κ3) is 2.35. The summed E-state index contributed by atoms with van der Waals surface area (Å²) in [4.78, 5) is 12.0. The maximum Gasteiger partial charge on any atom is 0.251 e. The van der Waals surface area contributed by atoms with Gasteiger partial charge in [0.05, 0.1) is 4.83 Å². The third-order valence-corrected chi connectivity index (χ3v) is 5.42. The van der Waals surface area contributed by atoms with E-state index >= 15 is 0 Å². The molecular weight excluding hydrogens is 322 g/mol. The SMILES string of the molecule is Cc1cscc1C(Br)c1ccc2c(c1)C(=O)NCC2. The van der Waals surface area contributed by atoms with Crippen molar-refractivity contribution in [1.82, 2.24) is 5.32 Å². The van der Waals surface area contributed by atoms with Gasteiger partial charge in [-0.1, -0.05) is 28.1 Å². The van der Waals surface area contributed by atoms with E-state index in [1.54, 1.807) is 11.3 Å². The number of thiophene rings is 1. The summed E-state index contributed by atoms with van der Waals surface area (Å²) in [5.41, 5.74) is 5.67. The van der Waals surface area contributed by atoms with Gasteiger partial charge in [0.1, 0.15) is 0 Å². The van der Waals surface area contributed by atoms with Crippen LogP contribution in [0.3, 0.4) is 0 Å². The van der Waals surface area contributed by atoms with Crippen LogP contribution in [-0.2, 0) is 6.42 Å². The number of fused-ring (bicyclic) bond motifs is 1. The zero-order valence-electron chi connectivity index (χ0n) is 10.6. The summed E-state index contributed by atoms with van der Waals surface area (Å²) >= 11 is 5.46. The van der Waals surface area contributed by atoms with Gasteiger partial charge in [-0.05, 0) is 52.4 Å². The molecule has 0 aliphatic carbocycles. The Morgan fingerprint density at radius 3 is 2.95 bits per heavy atom. The van der Waals surface area contributed by atoms with Gasteiger partial charge in [0.25, 0.3) is 5.91 Å². The number of aryl methyl sites for hydroxylation is 1. The Balaban J connectivity index is 2.00. The van der Waals surface area contributed by atoms with E-state index < -0.39 is 0 Å². The van der Waals surface area contributed by atoms with Crippen molar-refractivity contribution in [3.8, 4) is 0 Å². The molecule has 1 aromatic heterocycles. The van der Waals surface area contributed by atoms with E-state index in [9.17, 15) is 4.79 Å². The Morgan fingerprint density at radius 1 is 1.37 bits per heavy atom. The average molecular weight is 336 g/mol. The summed E-state index contributed by atoms with van der Waals surface area (Å²) in [7, 11) is 0. The van der Waals surface area contributed by atoms with Crippen molar-refractivity contribution in [2.24, 2.45) is 0 Å². The van der Waals surface area contributed by atoms with Crippen molar-refractivity contribution in [3.05, 3.63) is 56.8 Å². The van der Waals surface area contributed by atoms with Crippen LogP contribution in [0.4, 0.5) is 0 Å². The van der Waals surface area contributed by atoms with Gasteiger partial charge >= 0.3 is 0 Å². The molecule has 2 aromatic rings. The fraction of sp³-hybridized carbons (Fsp3) is 0.267. The standard InChI is InChI=1S/C15H14BrNOS/c1-9-7-19-8-13(9)14(16)11-3-2-10-4-5-17-15(18)12(10)6-11/h2-3,6-8,14H,4-5H2,1H3,(H,17,18). The Kier molecular flexibility index (Phi) is 3.46. The number of halogens is 1. The van der Waals surface area contributed by atoms with Crippen molar-refractivity contribution < 1.29 is 4.79 Å². The van der Waals surface area contributed by atoms with Crippen LogP contribution in [0.25, 0.3) is 0 Å². The van der Waals surface area contributed by atoms with Crippen molar-refractivity contribution in [3.63, 3.8) is 0 Å². The second-order valence-electron chi connectivity index (χ2n) is 4.80. The summed E-state index contributed by atoms with van der Waals surface area (Å²) in [6.45, 7) is 2.86. The van der Waals surface area contributed by atoms with Gasteiger partial charge in [0, 0.05) is 12.1 Å². The lowest BCUT2D eigenvalue weighted by Crippen LogP contribution is -2.31. The molecule has 1 aromatic carbocycles. The lowest BCUT2D eigenvalue weighted by atomic mass is 9.95. The lowest BCUT2D eigenvalue weighted by molar-refractivity contribution is 0.0946. The van der Waals surface area contributed by atoms with Gasteiger partial charge in [-0.15, -0.1) is 0 Å². The molecule has 0 saturated carbocycles. The Morgan fingerprint density at radius 2 is 2.21 bits per heavy atom. The molecule has 0 radical (unpaired) electrons. The smallest absolute Gasteiger partial charge is 0.251 e. The second-order valence-corrected chi connectivity index (χ2v) is 6.45. The third-order valence-electron chi connectivity index (χ3n) is 3.52. The maximum atomic E-state index is 11.9. The Labute approximate surface area is 125 Å². The van der Waals surface area contributed by atoms with Gasteiger partial charge in [-0.25, -0.2) is 0 Å². The van der Waals surface area contributed by atoms with Crippen molar-refractivity contribution >= 4 is 33.2 Å². The molecule has 0 spiro atoms. The molecule has 1 unspecified atom stereocenters. The van der Waals surface area contributed by atoms with Crippen LogP contribution in [-0.4, -0.2) is 12.5 Å². The predicted octanol–water partition coefficient (Wildman–Crippen LogP) is 3.83. The van der Waals surface area contributed by atoms with Gasteiger partial charge in [0.2, 0.25) is 0 Å². The number of benzene rings is 1. The fourth-order valence-electron chi connectivity index (χ4n) is 2.40. The largest absolute Gasteiger partial charge is 0.352 e. The molecule has 1 aliphatic rings. The van der Waals surface area contributed by atoms with Crippen LogP contribution in [0.2, 0.25) is 0 Å². The molecule has 98 valence electrons. The lowest BCUT2D eigenvalue weighted by Gasteiger charge is -2.19. The molecule has 0 saturated heterocycles. The summed E-state index contributed by atoms with van der Waals surface area (Å²) in [6.07, 6.45) is 0.922. The number of alkyl halides is 1. The summed E-state index contributed by atoms with van der Waals surface area (Å²) in [5, 5.41) is 7.21. The zero-order chi connectivity index (χ0) is 13.4. The van der Waals surface area contributed by atoms with E-state index in [1.807, 2.05) is 6.07 Å². The van der Waals surface area contributed by atoms with E-state index in [2.05, 4.69) is 51.1 Å². The predicted molar refractivity (Wildman–Crippen MR) is 82.3 cm³/mol. The highest BCUT2D eigenvalue weighted by atomic mass is 79.9. The molecule has 0 bridgehead atoms. The number of rotatable bonds is 2. The Hall–Kier alpha value is -1.13. The number of hydrogen-bond acceptors (Lipinski definition) is 2. The van der Waals surface area contributed by atoms with Crippen LogP contribution < -0.4 is 5.32 Å². The van der Waals surface area contributed by atoms with Crippen molar-refractivity contribution in [2.45, 2.75) is 18.2 Å². The molecule has 2 nitrogen and oxygen atoms in total. The van der Waals surface area contributed by atoms with Crippen LogP contribution >= 0.6 is 27.3 Å². The molecule has 1 atom stereocenters. The first kappa shape index (κ1) is 12.9. The molecular formula is C15H14BrNOS. The van der Waals surface area contributed by atoms with Crippen LogP contribution in [0.1, 0.15) is 37.4 Å². The highest BCUT2D eigenvalue weighted by molar-refractivity contribution is 9.09. The highest BCUT2D eigenvalue weighted by Crippen LogP contribution is 2.35. The number of nitrogens with one attached hydrogen (secondary N) is 1. The molecule has 3 rings (SSSR count). The summed E-state index contributed by atoms with van der Waals surface area (Å²) in [5.74, 6) is 0.0461. The number of carbonyl (C=O) groups excluding carboxylic acids is 1. The van der Waals surface area contributed by atoms with Crippen molar-refractivity contribution in [2.75, 3.05) is 6.54 Å². The minimum absolute atomic E-state index is 0.0461. The summed E-state index contributed by atoms with van der Waals surface area (Å²) in [6, 6.07) is 6.22. The zero-order valence-corrected chi connectivity index (χ0v) is 13.0. The second kappa shape index (κ2) is 5.10. The molecule has 1 N–H and O–H groups in total. The van der Waals surface area contributed by atoms with Gasteiger partial charge < -0.3 is 5.32 Å². The van der Waals surface area contributed by atoms with E-state index in [0.29, 0.717) is 0 Å². The van der Waals surface area contributed by atoms with Crippen LogP contribution in [0, 0.1) is 6.92 Å². The number of hydrogen-bond donors (Lipinski definition) is 1. The minimum atomic E-state index is 0.0461. The van der Waals surface area contributed by atoms with Crippen LogP contribution in [0.5, 0.6) is 0 Å². The van der Waals surface area contributed by atoms with Gasteiger partial charge in [-0.3, -0.25) is 4.79 Å². The first-order chi connectivity index (χ1) is 9.16. The van der Waals surface area contributed by atoms with E-state index in [-0.39, 0.29) is 10.7 Å². The molecule has 0 fully saturated rings. The minimum Gasteiger partial charge on any atom is -0.352 e. The average Bonchev–Trinajstić information content (AvgIpc) is 2.84. The van der Waals surface area contributed by atoms with E-state index in [4.69, 9.17) is 0 Å². The fourth-order valence-corrected chi connectivity index (χ4v) is 4.23. The van der Waals surface area contributed by atoms with Gasteiger partial charge in [-0.2, -0.15) is 11.3 Å². The van der Waals surface area contributed by atoms with Crippen LogP contribution in [0.15, 0.2) is 29.0 Å². The number of carbonyl (C=O) groups is 1. The normalized spacial score (nSPS) is 15.8. The van der Waals surface area contributed by atoms with E-state index in [0.717, 1.165) is 29.7 Å². The highest BCUT2D eigenvalue weighted by Gasteiger charge is 2.20. The monoisotopic (exact) mass is 335 g/mol. The Bertz CT molecular complexity index is 635. The quantitative estimate of drug-likeness (QED) is 0.830. The molecule has 1 aliphatic heterocycles. The molecule has 19 heavy (non-hydrogen) atoms. The molecule has 1 amide bonds. The van der Waals surface area contributed by atoms with Gasteiger partial charge in [0.15, 0.2) is 0 Å².